The zero-order valence-corrected chi connectivity index (χ0v) is 26.4. The van der Waals surface area contributed by atoms with E-state index in [1.807, 2.05) is 13.0 Å². The highest BCUT2D eigenvalue weighted by molar-refractivity contribution is 5.88. The first-order valence-electron chi connectivity index (χ1n) is 16.7. The maximum absolute atomic E-state index is 12.5. The normalized spacial score (nSPS) is 40.7. The number of rotatable bonds is 11. The summed E-state index contributed by atoms with van der Waals surface area (Å²) in [5, 5.41) is 38.8. The quantitative estimate of drug-likeness (QED) is 0.137. The van der Waals surface area contributed by atoms with Crippen molar-refractivity contribution >= 4 is 11.8 Å². The summed E-state index contributed by atoms with van der Waals surface area (Å²) in [6.45, 7) is 9.12. The van der Waals surface area contributed by atoms with Crippen molar-refractivity contribution < 1.29 is 24.9 Å². The molecule has 0 radical (unpaired) electrons. The summed E-state index contributed by atoms with van der Waals surface area (Å²) in [6.07, 6.45) is 17.5. The van der Waals surface area contributed by atoms with Gasteiger partial charge in [0.15, 0.2) is 0 Å². The summed E-state index contributed by atoms with van der Waals surface area (Å²) in [4.78, 5) is 24.6. The molecule has 12 atom stereocenters. The second kappa shape index (κ2) is 13.8. The number of aliphatic hydroxyl groups excluding tert-OH is 3. The third-order valence-electron chi connectivity index (χ3n) is 12.3. The molecule has 0 heterocycles. The first-order chi connectivity index (χ1) is 20.0. The molecule has 4 rings (SSSR count). The van der Waals surface area contributed by atoms with Gasteiger partial charge in [-0.15, -0.1) is 12.3 Å². The number of hydrogen-bond acceptors (Lipinski definition) is 5. The van der Waals surface area contributed by atoms with Crippen LogP contribution in [0.25, 0.3) is 0 Å². The lowest BCUT2D eigenvalue weighted by molar-refractivity contribution is -0.223. The molecule has 236 valence electrons. The number of allylic oxidation sites excluding steroid dienone is 1. The van der Waals surface area contributed by atoms with Gasteiger partial charge >= 0.3 is 0 Å². The molecule has 0 aromatic heterocycles. The predicted octanol–water partition coefficient (Wildman–Crippen LogP) is 4.69. The maximum Gasteiger partial charge on any atom is 0.245 e. The van der Waals surface area contributed by atoms with Crippen LogP contribution in [0.2, 0.25) is 0 Å². The largest absolute Gasteiger partial charge is 0.393 e. The highest BCUT2D eigenvalue weighted by atomic mass is 16.3. The van der Waals surface area contributed by atoms with Crippen LogP contribution in [0.15, 0.2) is 12.2 Å². The van der Waals surface area contributed by atoms with E-state index in [0.717, 1.165) is 64.2 Å². The average Bonchev–Trinajstić information content (AvgIpc) is 3.30. The van der Waals surface area contributed by atoms with E-state index in [1.54, 1.807) is 6.08 Å². The molecule has 4 aliphatic carbocycles. The monoisotopic (exact) mass is 584 g/mol. The molecule has 7 nitrogen and oxygen atoms in total. The molecular formula is C35H56N2O5. The second-order valence-electron chi connectivity index (χ2n) is 14.6. The van der Waals surface area contributed by atoms with Crippen LogP contribution in [-0.4, -0.2) is 51.6 Å². The van der Waals surface area contributed by atoms with Crippen LogP contribution in [0.1, 0.15) is 111 Å². The minimum atomic E-state index is -0.758. The van der Waals surface area contributed by atoms with Gasteiger partial charge in [0.05, 0.1) is 18.3 Å². The van der Waals surface area contributed by atoms with Gasteiger partial charge in [-0.1, -0.05) is 40.2 Å². The van der Waals surface area contributed by atoms with E-state index >= 15 is 0 Å². The van der Waals surface area contributed by atoms with Crippen LogP contribution in [0, 0.1) is 58.7 Å². The molecule has 4 aliphatic rings. The summed E-state index contributed by atoms with van der Waals surface area (Å²) >= 11 is 0. The van der Waals surface area contributed by atoms with Gasteiger partial charge in [0.2, 0.25) is 11.8 Å². The Morgan fingerprint density at radius 3 is 2.43 bits per heavy atom. The van der Waals surface area contributed by atoms with E-state index in [2.05, 4.69) is 37.3 Å². The molecule has 5 N–H and O–H groups in total. The van der Waals surface area contributed by atoms with Crippen molar-refractivity contribution in [3.8, 4) is 12.3 Å². The maximum atomic E-state index is 12.5. The van der Waals surface area contributed by atoms with Crippen LogP contribution in [-0.2, 0) is 9.59 Å². The Bertz CT molecular complexity index is 1020. The summed E-state index contributed by atoms with van der Waals surface area (Å²) in [7, 11) is 0. The number of carbonyl (C=O) groups excluding carboxylic acids is 2. The van der Waals surface area contributed by atoms with E-state index in [4.69, 9.17) is 6.42 Å². The molecule has 0 bridgehead atoms. The van der Waals surface area contributed by atoms with Gasteiger partial charge in [-0.2, -0.15) is 0 Å². The molecule has 0 aromatic carbocycles. The molecule has 0 aliphatic heterocycles. The van der Waals surface area contributed by atoms with Crippen LogP contribution in [0.5, 0.6) is 0 Å². The van der Waals surface area contributed by atoms with Crippen molar-refractivity contribution in [3.63, 3.8) is 0 Å². The Labute approximate surface area is 253 Å². The molecule has 0 spiro atoms. The number of amides is 2. The minimum absolute atomic E-state index is 0.0174. The highest BCUT2D eigenvalue weighted by Gasteiger charge is 2.65. The third kappa shape index (κ3) is 6.61. The van der Waals surface area contributed by atoms with Crippen LogP contribution in [0.3, 0.4) is 0 Å². The molecular weight excluding hydrogens is 528 g/mol. The van der Waals surface area contributed by atoms with Crippen molar-refractivity contribution in [2.45, 2.75) is 136 Å². The molecule has 3 unspecified atom stereocenters. The molecule has 7 heteroatoms. The van der Waals surface area contributed by atoms with Crippen LogP contribution >= 0.6 is 0 Å². The van der Waals surface area contributed by atoms with E-state index in [9.17, 15) is 24.9 Å². The highest BCUT2D eigenvalue weighted by Crippen LogP contribution is 2.68. The summed E-state index contributed by atoms with van der Waals surface area (Å²) in [5.74, 6) is 4.09. The van der Waals surface area contributed by atoms with Crippen LogP contribution in [0.4, 0.5) is 0 Å². The molecule has 42 heavy (non-hydrogen) atoms. The average molecular weight is 585 g/mol. The number of aliphatic hydroxyl groups is 3. The fraction of sp³-hybridized carbons (Fsp3) is 0.829. The third-order valence-corrected chi connectivity index (χ3v) is 12.3. The number of hydrogen-bond donors (Lipinski definition) is 5. The minimum Gasteiger partial charge on any atom is -0.393 e. The Morgan fingerprint density at radius 1 is 1.00 bits per heavy atom. The van der Waals surface area contributed by atoms with Gasteiger partial charge in [-0.3, -0.25) is 9.59 Å². The lowest BCUT2D eigenvalue weighted by Gasteiger charge is -2.63. The molecule has 0 aromatic rings. The summed E-state index contributed by atoms with van der Waals surface area (Å²) < 4.78 is 0. The van der Waals surface area contributed by atoms with Crippen molar-refractivity contribution in [3.05, 3.63) is 12.2 Å². The summed E-state index contributed by atoms with van der Waals surface area (Å²) in [6, 6.07) is 0. The zero-order valence-electron chi connectivity index (χ0n) is 26.4. The van der Waals surface area contributed by atoms with Crippen LogP contribution < -0.4 is 10.6 Å². The lowest BCUT2D eigenvalue weighted by atomic mass is 9.43. The van der Waals surface area contributed by atoms with E-state index in [0.29, 0.717) is 36.5 Å². The summed E-state index contributed by atoms with van der Waals surface area (Å²) in [5.41, 5.74) is 0.120. The van der Waals surface area contributed by atoms with Gasteiger partial charge in [-0.25, -0.2) is 0 Å². The number of fused-ring (bicyclic) bond motifs is 5. The van der Waals surface area contributed by atoms with Gasteiger partial charge in [-0.05, 0) is 117 Å². The zero-order chi connectivity index (χ0) is 30.7. The Kier molecular flexibility index (Phi) is 10.9. The van der Waals surface area contributed by atoms with Crippen molar-refractivity contribution in [1.29, 1.82) is 0 Å². The smallest absolute Gasteiger partial charge is 0.245 e. The fourth-order valence-electron chi connectivity index (χ4n) is 10.0. The number of unbranched alkanes of at least 4 members (excludes halogenated alkanes) is 1. The van der Waals surface area contributed by atoms with Crippen molar-refractivity contribution in [2.75, 3.05) is 0 Å². The van der Waals surface area contributed by atoms with Gasteiger partial charge < -0.3 is 26.0 Å². The second-order valence-corrected chi connectivity index (χ2v) is 14.6. The first kappa shape index (κ1) is 33.0. The lowest BCUT2D eigenvalue weighted by Crippen LogP contribution is -2.64. The Morgan fingerprint density at radius 2 is 1.71 bits per heavy atom. The molecule has 0 saturated heterocycles. The van der Waals surface area contributed by atoms with Crippen molar-refractivity contribution in [2.24, 2.45) is 46.3 Å². The standard InChI is InChI=1S/C35H56N2O5/c1-6-8-13-29(39)36-28(11-7-2)37-30(40)14-10-9-12-22(3)24-15-16-25-31-26(18-20-34(24,25)4)35(5)19-17-23(38)21-27(35)32(41)33(31)42/h2,10,14,22-28,31-33,38,41-42H,6,8-9,11-13,15-21H2,1,3-5H3,(H,36,39)(H,37,40)/t22-,23-,24-,25+,26+,27+,28?,31+,32?,33?,34-,35-/m1/s1. The molecule has 4 saturated carbocycles. The number of nitrogens with one attached hydrogen (secondary N) is 2. The Hall–Kier alpha value is -1.88. The number of terminal acetylenes is 1. The first-order valence-corrected chi connectivity index (χ1v) is 16.7. The van der Waals surface area contributed by atoms with Gasteiger partial charge in [0, 0.05) is 12.8 Å². The van der Waals surface area contributed by atoms with Gasteiger partial charge in [0.25, 0.3) is 0 Å². The van der Waals surface area contributed by atoms with Gasteiger partial charge in [0.1, 0.15) is 6.17 Å². The molecule has 4 fully saturated rings. The SMILES string of the molecule is C#CCC(NC(=O)C=CCC[C@@H](C)[C@H]1CC[C@H]2[C@@H]3C(O)C(O)[C@@H]4C[C@H](O)CC[C@]4(C)[C@H]3CC[C@]12C)NC(=O)CCCC. The van der Waals surface area contributed by atoms with E-state index in [-0.39, 0.29) is 47.0 Å². The van der Waals surface area contributed by atoms with E-state index in [1.165, 1.54) is 0 Å². The fourth-order valence-corrected chi connectivity index (χ4v) is 10.0. The number of carbonyl (C=O) groups is 2. The predicted molar refractivity (Wildman–Crippen MR) is 165 cm³/mol. The molecule has 2 amide bonds. The topological polar surface area (TPSA) is 119 Å². The Balaban J connectivity index is 1.32. The van der Waals surface area contributed by atoms with Crippen molar-refractivity contribution in [1.82, 2.24) is 10.6 Å². The van der Waals surface area contributed by atoms with E-state index < -0.39 is 18.4 Å².